The minimum absolute atomic E-state index is 0.0182. The van der Waals surface area contributed by atoms with Crippen molar-refractivity contribution in [1.82, 2.24) is 9.55 Å². The Morgan fingerprint density at radius 1 is 1.11 bits per heavy atom. The number of sulfone groups is 1. The molecule has 0 bridgehead atoms. The summed E-state index contributed by atoms with van der Waals surface area (Å²) in [4.78, 5) is 17.0. The van der Waals surface area contributed by atoms with Crippen LogP contribution in [0.25, 0.3) is 5.82 Å². The molecule has 10 nitrogen and oxygen atoms in total. The van der Waals surface area contributed by atoms with Gasteiger partial charge in [0.2, 0.25) is 0 Å². The van der Waals surface area contributed by atoms with Crippen LogP contribution in [0.2, 0.25) is 0 Å². The smallest absolute Gasteiger partial charge is 0.353 e. The molecule has 0 amide bonds. The van der Waals surface area contributed by atoms with Crippen molar-refractivity contribution in [2.45, 2.75) is 89.7 Å². The van der Waals surface area contributed by atoms with Gasteiger partial charge in [-0.3, -0.25) is 5.41 Å². The molecule has 4 aliphatic rings. The molecule has 2 heterocycles. The number of esters is 1. The topological polar surface area (TPSA) is 166 Å². The number of pyridine rings is 1. The van der Waals surface area contributed by atoms with Crippen LogP contribution in [0.1, 0.15) is 72.6 Å². The highest BCUT2D eigenvalue weighted by Crippen LogP contribution is 2.68. The first-order valence-electron chi connectivity index (χ1n) is 17.2. The van der Waals surface area contributed by atoms with Gasteiger partial charge >= 0.3 is 5.97 Å². The van der Waals surface area contributed by atoms with Crippen molar-refractivity contribution in [3.8, 4) is 5.82 Å². The maximum Gasteiger partial charge on any atom is 0.353 e. The molecule has 0 saturated heterocycles. The van der Waals surface area contributed by atoms with Gasteiger partial charge in [0.15, 0.2) is 9.84 Å². The average molecular weight is 667 g/mol. The molecule has 0 aromatic carbocycles. The molecule has 4 saturated carbocycles. The number of aliphatic hydroxyl groups excluding tert-OH is 2. The molecule has 0 spiro atoms. The van der Waals surface area contributed by atoms with Gasteiger partial charge in [0.05, 0.1) is 23.7 Å². The Labute approximate surface area is 278 Å². The molecule has 11 atom stereocenters. The van der Waals surface area contributed by atoms with E-state index in [4.69, 9.17) is 15.6 Å². The fourth-order valence-corrected chi connectivity index (χ4v) is 11.9. The molecule has 2 aromatic heterocycles. The molecule has 47 heavy (non-hydrogen) atoms. The molecule has 4 N–H and O–H groups in total. The van der Waals surface area contributed by atoms with Crippen molar-refractivity contribution >= 4 is 27.2 Å². The third kappa shape index (κ3) is 5.80. The highest BCUT2D eigenvalue weighted by molar-refractivity contribution is 7.92. The number of fused-ring (bicyclic) bond motifs is 5. The Bertz CT molecular complexity index is 1610. The van der Waals surface area contributed by atoms with Gasteiger partial charge < -0.3 is 24.9 Å². The maximum absolute atomic E-state index is 13.0. The van der Waals surface area contributed by atoms with Crippen LogP contribution in [0.3, 0.4) is 0 Å². The Balaban J connectivity index is 1.11. The van der Waals surface area contributed by atoms with Crippen LogP contribution in [-0.4, -0.2) is 70.1 Å². The number of hydrogen-bond donors (Lipinski definition) is 4. The predicted molar refractivity (Wildman–Crippen MR) is 178 cm³/mol. The van der Waals surface area contributed by atoms with Gasteiger partial charge in [0.25, 0.3) is 0 Å². The number of rotatable bonds is 9. The van der Waals surface area contributed by atoms with E-state index >= 15 is 0 Å². The van der Waals surface area contributed by atoms with E-state index in [9.17, 15) is 23.4 Å². The predicted octanol–water partition coefficient (Wildman–Crippen LogP) is 5.10. The van der Waals surface area contributed by atoms with Crippen LogP contribution >= 0.6 is 0 Å². The molecule has 7 unspecified atom stereocenters. The first-order valence-corrected chi connectivity index (χ1v) is 18.9. The first-order chi connectivity index (χ1) is 22.2. The van der Waals surface area contributed by atoms with E-state index in [2.05, 4.69) is 25.8 Å². The third-order valence-corrected chi connectivity index (χ3v) is 14.6. The monoisotopic (exact) mass is 666 g/mol. The van der Waals surface area contributed by atoms with E-state index in [-0.39, 0.29) is 58.0 Å². The van der Waals surface area contributed by atoms with Crippen LogP contribution < -0.4 is 0 Å². The third-order valence-electron chi connectivity index (χ3n) is 12.9. The second kappa shape index (κ2) is 12.5. The van der Waals surface area contributed by atoms with Gasteiger partial charge in [-0.25, -0.2) is 18.2 Å². The lowest BCUT2D eigenvalue weighted by Gasteiger charge is -2.64. The van der Waals surface area contributed by atoms with Gasteiger partial charge in [-0.15, -0.1) is 0 Å². The minimum atomic E-state index is -3.99. The fourth-order valence-electron chi connectivity index (χ4n) is 10.8. The summed E-state index contributed by atoms with van der Waals surface area (Å²) in [5.41, 5.74) is -0.193. The van der Waals surface area contributed by atoms with Gasteiger partial charge in [-0.05, 0) is 109 Å². The Morgan fingerprint density at radius 2 is 1.81 bits per heavy atom. The van der Waals surface area contributed by atoms with Gasteiger partial charge in [0.1, 0.15) is 17.3 Å². The van der Waals surface area contributed by atoms with E-state index in [0.717, 1.165) is 38.5 Å². The van der Waals surface area contributed by atoms with Crippen molar-refractivity contribution < 1.29 is 28.2 Å². The number of hydrogen-bond acceptors (Lipinski definition) is 9. The summed E-state index contributed by atoms with van der Waals surface area (Å²) >= 11 is 0. The largest absolute Gasteiger partial charge is 0.461 e. The van der Waals surface area contributed by atoms with Gasteiger partial charge in [-0.2, -0.15) is 0 Å². The molecule has 11 heteroatoms. The van der Waals surface area contributed by atoms with E-state index < -0.39 is 33.4 Å². The zero-order valence-electron chi connectivity index (χ0n) is 27.9. The Hall–Kier alpha value is -2.89. The van der Waals surface area contributed by atoms with Crippen LogP contribution in [0.5, 0.6) is 0 Å². The molecule has 2 aromatic rings. The maximum atomic E-state index is 13.0. The van der Waals surface area contributed by atoms with Crippen molar-refractivity contribution in [1.29, 1.82) is 10.8 Å². The molecule has 4 aliphatic carbocycles. The second-order valence-corrected chi connectivity index (χ2v) is 17.4. The molecule has 256 valence electrons. The zero-order chi connectivity index (χ0) is 33.9. The summed E-state index contributed by atoms with van der Waals surface area (Å²) in [6.07, 6.45) is 9.94. The van der Waals surface area contributed by atoms with E-state index in [1.807, 2.05) is 19.1 Å². The van der Waals surface area contributed by atoms with E-state index in [0.29, 0.717) is 29.8 Å². The number of aromatic nitrogens is 2. The SMILES string of the molecule is CC[C@@H]1C2C[C@H](O)CCC2(C)C2CCC3(C)C(CC(=N)C3[C@H](C)COC(=O)C(=N)CS(=O)(=O)c3ccc(-n4cccc4)nc3)C2[C@@H]1O. The number of nitrogens with zero attached hydrogens (tertiary/aromatic N) is 2. The number of carbonyl (C=O) groups is 1. The summed E-state index contributed by atoms with van der Waals surface area (Å²) in [6, 6.07) is 6.65. The number of aliphatic hydroxyl groups is 2. The van der Waals surface area contributed by atoms with E-state index in [1.54, 1.807) is 23.0 Å². The van der Waals surface area contributed by atoms with Crippen LogP contribution in [0.15, 0.2) is 47.8 Å². The lowest BCUT2D eigenvalue weighted by molar-refractivity contribution is -0.203. The van der Waals surface area contributed by atoms with Crippen molar-refractivity contribution in [3.05, 3.63) is 42.9 Å². The van der Waals surface area contributed by atoms with Crippen molar-refractivity contribution in [2.75, 3.05) is 12.4 Å². The minimum Gasteiger partial charge on any atom is -0.461 e. The van der Waals surface area contributed by atoms with Gasteiger partial charge in [0, 0.05) is 30.2 Å². The Morgan fingerprint density at radius 3 is 2.47 bits per heavy atom. The average Bonchev–Trinajstić information content (AvgIpc) is 3.66. The van der Waals surface area contributed by atoms with Gasteiger partial charge in [-0.1, -0.05) is 34.1 Å². The van der Waals surface area contributed by atoms with Crippen LogP contribution in [-0.2, 0) is 19.4 Å². The second-order valence-electron chi connectivity index (χ2n) is 15.4. The highest BCUT2D eigenvalue weighted by Gasteiger charge is 2.66. The summed E-state index contributed by atoms with van der Waals surface area (Å²) < 4.78 is 33.3. The zero-order valence-corrected chi connectivity index (χ0v) is 28.7. The molecule has 4 fully saturated rings. The lowest BCUT2D eigenvalue weighted by Crippen LogP contribution is -2.62. The molecule has 0 aliphatic heterocycles. The summed E-state index contributed by atoms with van der Waals surface area (Å²) in [5.74, 6) is -0.565. The number of nitrogens with one attached hydrogen (secondary N) is 2. The summed E-state index contributed by atoms with van der Waals surface area (Å²) in [7, 11) is -3.99. The standard InChI is InChI=1S/C36H50N4O6S/c1-5-24-26-16-22(41)10-12-35(26,3)25-11-13-36(4)27(31(25)33(24)42)17-28(37)32(36)21(2)19-46-34(43)29(38)20-47(44,45)23-8-9-30(39-18-23)40-14-6-7-15-40/h6-9,14-15,18,21-22,24-27,31-33,37-38,41-42H,5,10-13,16-17,19-20H2,1-4H3/t21-,22-,24-,25?,26?,27?,31?,32?,33-,35?,36?/m1/s1. The number of ether oxygens (including phenoxy) is 1. The van der Waals surface area contributed by atoms with Crippen molar-refractivity contribution in [3.63, 3.8) is 0 Å². The molecule has 6 rings (SSSR count). The molecule has 0 radical (unpaired) electrons. The Kier molecular flexibility index (Phi) is 9.06. The first kappa shape index (κ1) is 34.0. The van der Waals surface area contributed by atoms with E-state index in [1.165, 1.54) is 12.3 Å². The van der Waals surface area contributed by atoms with Crippen LogP contribution in [0.4, 0.5) is 0 Å². The summed E-state index contributed by atoms with van der Waals surface area (Å²) in [5, 5.41) is 39.9. The number of carbonyl (C=O) groups excluding carboxylic acids is 1. The normalized spacial score (nSPS) is 37.4. The molecular weight excluding hydrogens is 616 g/mol. The summed E-state index contributed by atoms with van der Waals surface area (Å²) in [6.45, 7) is 8.73. The molecular formula is C36H50N4O6S. The quantitative estimate of drug-likeness (QED) is 0.213. The highest BCUT2D eigenvalue weighted by atomic mass is 32.2. The van der Waals surface area contributed by atoms with Crippen LogP contribution in [0, 0.1) is 63.1 Å². The lowest BCUT2D eigenvalue weighted by atomic mass is 9.41. The van der Waals surface area contributed by atoms with Crippen molar-refractivity contribution in [2.24, 2.45) is 52.3 Å². The fraction of sp³-hybridized carbons (Fsp3) is 0.667.